The number of nitrogens with one attached hydrogen (secondary N) is 2. The van der Waals surface area contributed by atoms with Gasteiger partial charge in [-0.05, 0) is 50.5 Å². The van der Waals surface area contributed by atoms with Crippen LogP contribution in [0.15, 0.2) is 11.3 Å². The molecule has 1 aliphatic heterocycles. The molecule has 2 aliphatic rings. The third-order valence-electron chi connectivity index (χ3n) is 4.04. The molecule has 1 aliphatic carbocycles. The summed E-state index contributed by atoms with van der Waals surface area (Å²) < 4.78 is 5.81. The van der Waals surface area contributed by atoms with E-state index >= 15 is 0 Å². The molecule has 1 heterocycles. The average molecular weight is 238 g/mol. The van der Waals surface area contributed by atoms with E-state index in [0.717, 1.165) is 25.5 Å². The maximum Gasteiger partial charge on any atom is 0.0578 e. The first kappa shape index (κ1) is 12.9. The van der Waals surface area contributed by atoms with Gasteiger partial charge < -0.3 is 10.2 Å². The van der Waals surface area contributed by atoms with E-state index in [2.05, 4.69) is 24.7 Å². The van der Waals surface area contributed by atoms with Gasteiger partial charge in [-0.2, -0.15) is 0 Å². The van der Waals surface area contributed by atoms with E-state index in [1.54, 1.807) is 5.57 Å². The Morgan fingerprint density at radius 1 is 1.24 bits per heavy atom. The summed E-state index contributed by atoms with van der Waals surface area (Å²) in [6.07, 6.45) is 7.87. The number of rotatable bonds is 3. The van der Waals surface area contributed by atoms with Crippen LogP contribution < -0.4 is 10.9 Å². The molecule has 17 heavy (non-hydrogen) atoms. The molecular weight excluding hydrogens is 212 g/mol. The largest absolute Gasteiger partial charge is 0.378 e. The highest BCUT2D eigenvalue weighted by atomic mass is 16.5. The Morgan fingerprint density at radius 3 is 2.88 bits per heavy atom. The molecule has 0 radical (unpaired) electrons. The number of fused-ring (bicyclic) bond motifs is 1. The summed E-state index contributed by atoms with van der Waals surface area (Å²) in [7, 11) is 0. The molecule has 3 heteroatoms. The molecular formula is C14H26N2O. The summed E-state index contributed by atoms with van der Waals surface area (Å²) >= 11 is 0. The van der Waals surface area contributed by atoms with Crippen molar-refractivity contribution in [3.8, 4) is 0 Å². The molecule has 0 aromatic heterocycles. The van der Waals surface area contributed by atoms with Gasteiger partial charge in [-0.3, -0.25) is 0 Å². The van der Waals surface area contributed by atoms with E-state index in [1.165, 1.54) is 37.8 Å². The van der Waals surface area contributed by atoms with Crippen LogP contribution in [0.5, 0.6) is 0 Å². The van der Waals surface area contributed by atoms with Crippen molar-refractivity contribution < 1.29 is 4.74 Å². The SMILES string of the molecule is CCOC1CCCC2CNNC(CC)=C2CC1. The molecule has 0 spiro atoms. The zero-order valence-corrected chi connectivity index (χ0v) is 11.2. The van der Waals surface area contributed by atoms with Gasteiger partial charge in [-0.1, -0.05) is 13.3 Å². The third-order valence-corrected chi connectivity index (χ3v) is 4.04. The van der Waals surface area contributed by atoms with E-state index in [9.17, 15) is 0 Å². The second-order valence-electron chi connectivity index (χ2n) is 5.11. The van der Waals surface area contributed by atoms with E-state index in [4.69, 9.17) is 4.74 Å². The number of hydrogen-bond donors (Lipinski definition) is 2. The van der Waals surface area contributed by atoms with Crippen molar-refractivity contribution in [1.82, 2.24) is 10.9 Å². The zero-order valence-electron chi connectivity index (χ0n) is 11.2. The summed E-state index contributed by atoms with van der Waals surface area (Å²) in [6, 6.07) is 0. The Balaban J connectivity index is 2.04. The van der Waals surface area contributed by atoms with Crippen LogP contribution in [0.1, 0.15) is 52.4 Å². The van der Waals surface area contributed by atoms with Crippen LogP contribution in [0.2, 0.25) is 0 Å². The van der Waals surface area contributed by atoms with Crippen molar-refractivity contribution >= 4 is 0 Å². The first-order chi connectivity index (χ1) is 8.35. The third kappa shape index (κ3) is 3.23. The van der Waals surface area contributed by atoms with E-state index < -0.39 is 0 Å². The minimum absolute atomic E-state index is 0.487. The Kier molecular flexibility index (Phi) is 4.86. The van der Waals surface area contributed by atoms with E-state index in [1.807, 2.05) is 0 Å². The molecule has 2 atom stereocenters. The fourth-order valence-corrected chi connectivity index (χ4v) is 3.13. The van der Waals surface area contributed by atoms with Crippen LogP contribution in [0.25, 0.3) is 0 Å². The van der Waals surface area contributed by atoms with Gasteiger partial charge in [-0.25, -0.2) is 5.43 Å². The van der Waals surface area contributed by atoms with Crippen LogP contribution in [0.4, 0.5) is 0 Å². The van der Waals surface area contributed by atoms with Crippen LogP contribution >= 0.6 is 0 Å². The van der Waals surface area contributed by atoms with Crippen LogP contribution in [-0.2, 0) is 4.74 Å². The maximum absolute atomic E-state index is 5.81. The summed E-state index contributed by atoms with van der Waals surface area (Å²) in [5.74, 6) is 0.758. The maximum atomic E-state index is 5.81. The standard InChI is InChI=1S/C14H26N2O/c1-3-14-13-9-8-12(17-4-2)7-5-6-11(13)10-15-16-14/h11-12,15-16H,3-10H2,1-2H3. The van der Waals surface area contributed by atoms with Gasteiger partial charge in [0.2, 0.25) is 0 Å². The van der Waals surface area contributed by atoms with E-state index in [-0.39, 0.29) is 0 Å². The smallest absolute Gasteiger partial charge is 0.0578 e. The summed E-state index contributed by atoms with van der Waals surface area (Å²) in [4.78, 5) is 0. The highest BCUT2D eigenvalue weighted by Crippen LogP contribution is 2.32. The lowest BCUT2D eigenvalue weighted by atomic mass is 9.83. The van der Waals surface area contributed by atoms with Crippen molar-refractivity contribution in [3.05, 3.63) is 11.3 Å². The fourth-order valence-electron chi connectivity index (χ4n) is 3.13. The zero-order chi connectivity index (χ0) is 12.1. The molecule has 0 aromatic carbocycles. The van der Waals surface area contributed by atoms with Gasteiger partial charge in [0.15, 0.2) is 0 Å². The number of ether oxygens (including phenoxy) is 1. The molecule has 1 saturated carbocycles. The van der Waals surface area contributed by atoms with Crippen LogP contribution in [-0.4, -0.2) is 19.3 Å². The number of hydrazine groups is 1. The van der Waals surface area contributed by atoms with Crippen molar-refractivity contribution in [3.63, 3.8) is 0 Å². The minimum atomic E-state index is 0.487. The lowest BCUT2D eigenvalue weighted by molar-refractivity contribution is 0.0449. The minimum Gasteiger partial charge on any atom is -0.378 e. The fraction of sp³-hybridized carbons (Fsp3) is 0.857. The molecule has 98 valence electrons. The van der Waals surface area contributed by atoms with Gasteiger partial charge >= 0.3 is 0 Å². The van der Waals surface area contributed by atoms with Gasteiger partial charge in [0.1, 0.15) is 0 Å². The van der Waals surface area contributed by atoms with Crippen molar-refractivity contribution in [1.29, 1.82) is 0 Å². The second kappa shape index (κ2) is 6.41. The Morgan fingerprint density at radius 2 is 2.12 bits per heavy atom. The second-order valence-corrected chi connectivity index (χ2v) is 5.11. The summed E-state index contributed by atoms with van der Waals surface area (Å²) in [5.41, 5.74) is 9.77. The van der Waals surface area contributed by atoms with Gasteiger partial charge in [0, 0.05) is 18.8 Å². The predicted molar refractivity (Wildman–Crippen MR) is 70.4 cm³/mol. The lowest BCUT2D eigenvalue weighted by Crippen LogP contribution is -2.42. The van der Waals surface area contributed by atoms with Crippen molar-refractivity contribution in [2.75, 3.05) is 13.2 Å². The average Bonchev–Trinajstić information content (AvgIpc) is 2.33. The van der Waals surface area contributed by atoms with Gasteiger partial charge in [0.05, 0.1) is 6.10 Å². The number of allylic oxidation sites excluding steroid dienone is 1. The number of hydrogen-bond acceptors (Lipinski definition) is 3. The van der Waals surface area contributed by atoms with Gasteiger partial charge in [0.25, 0.3) is 0 Å². The first-order valence-corrected chi connectivity index (χ1v) is 7.17. The molecule has 2 rings (SSSR count). The summed E-state index contributed by atoms with van der Waals surface area (Å²) in [6.45, 7) is 6.29. The molecule has 2 unspecified atom stereocenters. The highest BCUT2D eigenvalue weighted by Gasteiger charge is 2.25. The van der Waals surface area contributed by atoms with Crippen molar-refractivity contribution in [2.45, 2.75) is 58.5 Å². The predicted octanol–water partition coefficient (Wildman–Crippen LogP) is 2.74. The monoisotopic (exact) mass is 238 g/mol. The first-order valence-electron chi connectivity index (χ1n) is 7.17. The topological polar surface area (TPSA) is 33.3 Å². The molecule has 3 nitrogen and oxygen atoms in total. The van der Waals surface area contributed by atoms with Gasteiger partial charge in [-0.15, -0.1) is 0 Å². The Hall–Kier alpha value is -0.540. The Labute approximate surface area is 105 Å². The molecule has 2 N–H and O–H groups in total. The van der Waals surface area contributed by atoms with Crippen LogP contribution in [0, 0.1) is 5.92 Å². The normalized spacial score (nSPS) is 30.2. The molecule has 0 aromatic rings. The molecule has 0 bridgehead atoms. The quantitative estimate of drug-likeness (QED) is 0.793. The molecule has 0 saturated heterocycles. The Bertz CT molecular complexity index is 275. The summed E-state index contributed by atoms with van der Waals surface area (Å²) in [5, 5.41) is 0. The lowest BCUT2D eigenvalue weighted by Gasteiger charge is -2.33. The van der Waals surface area contributed by atoms with Crippen LogP contribution in [0.3, 0.4) is 0 Å². The molecule has 0 amide bonds. The molecule has 1 fully saturated rings. The van der Waals surface area contributed by atoms with E-state index in [0.29, 0.717) is 6.10 Å². The van der Waals surface area contributed by atoms with Crippen molar-refractivity contribution in [2.24, 2.45) is 5.92 Å². The highest BCUT2D eigenvalue weighted by molar-refractivity contribution is 5.19.